The van der Waals surface area contributed by atoms with Crippen LogP contribution in [0.3, 0.4) is 0 Å². The quantitative estimate of drug-likeness (QED) is 0.764. The minimum atomic E-state index is 0.480. The second kappa shape index (κ2) is 4.17. The number of aromatic nitrogens is 2. The number of imidazole rings is 1. The van der Waals surface area contributed by atoms with E-state index in [9.17, 15) is 0 Å². The van der Waals surface area contributed by atoms with Crippen LogP contribution >= 0.6 is 11.3 Å². The molecule has 3 rings (SSSR count). The molecular formula is C13H10N4S. The third-order valence-corrected chi connectivity index (χ3v) is 3.66. The lowest BCUT2D eigenvalue weighted by atomic mass is 10.2. The molecule has 2 aromatic heterocycles. The van der Waals surface area contributed by atoms with E-state index in [2.05, 4.69) is 17.1 Å². The van der Waals surface area contributed by atoms with Crippen LogP contribution in [0.15, 0.2) is 35.7 Å². The molecule has 0 unspecified atom stereocenters. The number of nitrogens with two attached hydrogens (primary N) is 1. The fraction of sp³-hybridized carbons (Fsp3) is 0.0769. The number of anilines is 1. The molecule has 1 aromatic carbocycles. The van der Waals surface area contributed by atoms with Gasteiger partial charge in [-0.25, -0.2) is 4.98 Å². The van der Waals surface area contributed by atoms with Crippen LogP contribution in [0.2, 0.25) is 0 Å². The van der Waals surface area contributed by atoms with Gasteiger partial charge in [0.15, 0.2) is 0 Å². The Morgan fingerprint density at radius 1 is 1.39 bits per heavy atom. The summed E-state index contributed by atoms with van der Waals surface area (Å²) < 4.78 is 1.93. The number of hydrogen-bond acceptors (Lipinski definition) is 4. The highest BCUT2D eigenvalue weighted by Crippen LogP contribution is 2.22. The van der Waals surface area contributed by atoms with Gasteiger partial charge in [-0.3, -0.25) is 0 Å². The zero-order chi connectivity index (χ0) is 12.5. The largest absolute Gasteiger partial charge is 0.369 e. The first kappa shape index (κ1) is 10.8. The molecule has 0 atom stereocenters. The van der Waals surface area contributed by atoms with Crippen molar-refractivity contribution in [2.24, 2.45) is 0 Å². The Morgan fingerprint density at radius 3 is 3.00 bits per heavy atom. The van der Waals surface area contributed by atoms with E-state index in [-0.39, 0.29) is 0 Å². The molecule has 18 heavy (non-hydrogen) atoms. The Balaban J connectivity index is 2.15. The van der Waals surface area contributed by atoms with Crippen molar-refractivity contribution in [3.05, 3.63) is 46.2 Å². The molecule has 0 aliphatic heterocycles. The molecule has 5 heteroatoms. The van der Waals surface area contributed by atoms with Crippen LogP contribution in [0.4, 0.5) is 5.95 Å². The first-order valence-corrected chi connectivity index (χ1v) is 6.34. The summed E-state index contributed by atoms with van der Waals surface area (Å²) in [5.41, 5.74) is 8.28. The molecule has 0 bridgehead atoms. The van der Waals surface area contributed by atoms with Crippen molar-refractivity contribution in [3.8, 4) is 6.07 Å². The normalized spacial score (nSPS) is 10.6. The van der Waals surface area contributed by atoms with Gasteiger partial charge in [0.2, 0.25) is 5.95 Å². The number of nitrogen functional groups attached to an aromatic ring is 1. The van der Waals surface area contributed by atoms with Crippen molar-refractivity contribution < 1.29 is 0 Å². The van der Waals surface area contributed by atoms with Gasteiger partial charge in [0.25, 0.3) is 0 Å². The summed E-state index contributed by atoms with van der Waals surface area (Å²) in [5, 5.41) is 11.0. The van der Waals surface area contributed by atoms with Crippen LogP contribution in [-0.4, -0.2) is 9.55 Å². The molecule has 2 heterocycles. The van der Waals surface area contributed by atoms with Crippen LogP contribution in [-0.2, 0) is 6.54 Å². The second-order valence-corrected chi connectivity index (χ2v) is 4.98. The molecule has 0 spiro atoms. The van der Waals surface area contributed by atoms with E-state index in [1.165, 1.54) is 4.88 Å². The van der Waals surface area contributed by atoms with Gasteiger partial charge in [-0.2, -0.15) is 5.26 Å². The first-order valence-electron chi connectivity index (χ1n) is 5.46. The maximum atomic E-state index is 8.94. The molecular weight excluding hydrogens is 244 g/mol. The lowest BCUT2D eigenvalue weighted by Crippen LogP contribution is -2.03. The summed E-state index contributed by atoms with van der Waals surface area (Å²) in [6, 6.07) is 11.6. The van der Waals surface area contributed by atoms with Gasteiger partial charge < -0.3 is 10.3 Å². The molecule has 0 aliphatic carbocycles. The van der Waals surface area contributed by atoms with Crippen molar-refractivity contribution >= 4 is 28.3 Å². The molecule has 3 aromatic rings. The number of benzene rings is 1. The Labute approximate surface area is 108 Å². The van der Waals surface area contributed by atoms with E-state index >= 15 is 0 Å². The minimum Gasteiger partial charge on any atom is -0.369 e. The summed E-state index contributed by atoms with van der Waals surface area (Å²) >= 11 is 1.68. The van der Waals surface area contributed by atoms with Crippen molar-refractivity contribution in [2.75, 3.05) is 5.73 Å². The van der Waals surface area contributed by atoms with E-state index in [0.717, 1.165) is 11.0 Å². The number of rotatable bonds is 2. The standard InChI is InChI=1S/C13H10N4S/c14-7-9-3-4-11-12(6-9)17(13(15)16-11)8-10-2-1-5-18-10/h1-6H,8H2,(H2,15,16). The Morgan fingerprint density at radius 2 is 2.28 bits per heavy atom. The van der Waals surface area contributed by atoms with E-state index in [0.29, 0.717) is 18.1 Å². The number of fused-ring (bicyclic) bond motifs is 1. The molecule has 88 valence electrons. The molecule has 0 fully saturated rings. The van der Waals surface area contributed by atoms with Crippen molar-refractivity contribution in [1.82, 2.24) is 9.55 Å². The number of nitriles is 1. The highest BCUT2D eigenvalue weighted by Gasteiger charge is 2.09. The number of thiophene rings is 1. The van der Waals surface area contributed by atoms with Crippen LogP contribution < -0.4 is 5.73 Å². The predicted octanol–water partition coefficient (Wildman–Crippen LogP) is 2.60. The van der Waals surface area contributed by atoms with E-state index in [1.54, 1.807) is 17.4 Å². The third-order valence-electron chi connectivity index (χ3n) is 2.80. The molecule has 0 aliphatic rings. The molecule has 2 N–H and O–H groups in total. The molecule has 0 radical (unpaired) electrons. The SMILES string of the molecule is N#Cc1ccc2nc(N)n(Cc3cccs3)c2c1. The summed E-state index contributed by atoms with van der Waals surface area (Å²) in [5.74, 6) is 0.480. The van der Waals surface area contributed by atoms with Gasteiger partial charge >= 0.3 is 0 Å². The fourth-order valence-corrected chi connectivity index (χ4v) is 2.63. The maximum absolute atomic E-state index is 8.94. The van der Waals surface area contributed by atoms with Crippen molar-refractivity contribution in [3.63, 3.8) is 0 Å². The van der Waals surface area contributed by atoms with Crippen LogP contribution in [0, 0.1) is 11.3 Å². The monoisotopic (exact) mass is 254 g/mol. The highest BCUT2D eigenvalue weighted by molar-refractivity contribution is 7.09. The van der Waals surface area contributed by atoms with E-state index in [1.807, 2.05) is 28.1 Å². The summed E-state index contributed by atoms with van der Waals surface area (Å²) in [6.07, 6.45) is 0. The van der Waals surface area contributed by atoms with E-state index in [4.69, 9.17) is 11.0 Å². The zero-order valence-electron chi connectivity index (χ0n) is 9.50. The van der Waals surface area contributed by atoms with Gasteiger partial charge in [-0.05, 0) is 29.6 Å². The van der Waals surface area contributed by atoms with Crippen LogP contribution in [0.5, 0.6) is 0 Å². The molecule has 0 saturated carbocycles. The Bertz CT molecular complexity index is 734. The maximum Gasteiger partial charge on any atom is 0.201 e. The van der Waals surface area contributed by atoms with Crippen LogP contribution in [0.25, 0.3) is 11.0 Å². The number of hydrogen-bond donors (Lipinski definition) is 1. The van der Waals surface area contributed by atoms with Crippen molar-refractivity contribution in [1.29, 1.82) is 5.26 Å². The fourth-order valence-electron chi connectivity index (χ4n) is 1.94. The van der Waals surface area contributed by atoms with Gasteiger partial charge in [0.05, 0.1) is 29.2 Å². The average molecular weight is 254 g/mol. The minimum absolute atomic E-state index is 0.480. The molecule has 0 amide bonds. The highest BCUT2D eigenvalue weighted by atomic mass is 32.1. The smallest absolute Gasteiger partial charge is 0.201 e. The topological polar surface area (TPSA) is 67.6 Å². The van der Waals surface area contributed by atoms with Gasteiger partial charge in [-0.1, -0.05) is 6.07 Å². The molecule has 0 saturated heterocycles. The second-order valence-electron chi connectivity index (χ2n) is 3.95. The lowest BCUT2D eigenvalue weighted by molar-refractivity contribution is 0.853. The average Bonchev–Trinajstić information content (AvgIpc) is 2.99. The predicted molar refractivity (Wildman–Crippen MR) is 72.3 cm³/mol. The zero-order valence-corrected chi connectivity index (χ0v) is 10.3. The summed E-state index contributed by atoms with van der Waals surface area (Å²) in [6.45, 7) is 0.689. The Hall–Kier alpha value is -2.32. The number of nitrogens with zero attached hydrogens (tertiary/aromatic N) is 3. The van der Waals surface area contributed by atoms with Gasteiger partial charge in [0.1, 0.15) is 0 Å². The van der Waals surface area contributed by atoms with Gasteiger partial charge in [0, 0.05) is 4.88 Å². The van der Waals surface area contributed by atoms with Crippen LogP contribution in [0.1, 0.15) is 10.4 Å². The van der Waals surface area contributed by atoms with Gasteiger partial charge in [-0.15, -0.1) is 11.3 Å². The lowest BCUT2D eigenvalue weighted by Gasteiger charge is -2.04. The van der Waals surface area contributed by atoms with Crippen molar-refractivity contribution in [2.45, 2.75) is 6.54 Å². The molecule has 4 nitrogen and oxygen atoms in total. The summed E-state index contributed by atoms with van der Waals surface area (Å²) in [7, 11) is 0. The third kappa shape index (κ3) is 1.73. The first-order chi connectivity index (χ1) is 8.78. The summed E-state index contributed by atoms with van der Waals surface area (Å²) in [4.78, 5) is 5.52. The van der Waals surface area contributed by atoms with E-state index < -0.39 is 0 Å². The Kier molecular flexibility index (Phi) is 2.50.